The van der Waals surface area contributed by atoms with Gasteiger partial charge in [-0.05, 0) is 32.8 Å². The first kappa shape index (κ1) is 18.7. The molecule has 1 fully saturated rings. The van der Waals surface area contributed by atoms with Gasteiger partial charge in [0, 0.05) is 19.3 Å². The molecule has 2 rings (SSSR count). The van der Waals surface area contributed by atoms with Crippen molar-refractivity contribution in [1.29, 1.82) is 0 Å². The molecule has 0 radical (unpaired) electrons. The molecular formula is C18H28N2O4. The number of methoxy groups -OCH3 is 1. The minimum Gasteiger partial charge on any atom is -0.475 e. The third-order valence-corrected chi connectivity index (χ3v) is 4.42. The molecule has 1 aliphatic carbocycles. The first-order chi connectivity index (χ1) is 11.6. The van der Waals surface area contributed by atoms with E-state index in [1.54, 1.807) is 13.3 Å². The van der Waals surface area contributed by atoms with Gasteiger partial charge < -0.3 is 19.5 Å². The normalized spacial score (nSPS) is 16.6. The second-order valence-corrected chi connectivity index (χ2v) is 6.10. The minimum atomic E-state index is -0.710. The van der Waals surface area contributed by atoms with E-state index in [2.05, 4.69) is 10.3 Å². The summed E-state index contributed by atoms with van der Waals surface area (Å²) < 4.78 is 16.4. The van der Waals surface area contributed by atoms with Crippen LogP contribution in [0.15, 0.2) is 12.3 Å². The number of pyridine rings is 1. The number of aryl methyl sites for hydroxylation is 1. The number of rotatable bonds is 8. The van der Waals surface area contributed by atoms with Gasteiger partial charge in [0.05, 0.1) is 18.5 Å². The molecule has 0 unspecified atom stereocenters. The number of hydrogen-bond donors (Lipinski definition) is 1. The van der Waals surface area contributed by atoms with Crippen molar-refractivity contribution in [3.63, 3.8) is 0 Å². The van der Waals surface area contributed by atoms with E-state index < -0.39 is 5.60 Å². The molecule has 1 aromatic heterocycles. The van der Waals surface area contributed by atoms with E-state index in [9.17, 15) is 4.79 Å². The number of hydrogen-bond acceptors (Lipinski definition) is 5. The lowest BCUT2D eigenvalue weighted by atomic mass is 9.84. The van der Waals surface area contributed by atoms with Crippen LogP contribution in [0, 0.1) is 6.92 Å². The first-order valence-electron chi connectivity index (χ1n) is 8.65. The van der Waals surface area contributed by atoms with E-state index in [0.29, 0.717) is 31.4 Å². The summed E-state index contributed by atoms with van der Waals surface area (Å²) in [7, 11) is 1.61. The van der Waals surface area contributed by atoms with E-state index >= 15 is 0 Å². The number of carbonyl (C=O) groups is 1. The third kappa shape index (κ3) is 4.68. The Bertz CT molecular complexity index is 542. The van der Waals surface area contributed by atoms with Gasteiger partial charge in [-0.3, -0.25) is 4.79 Å². The highest BCUT2D eigenvalue weighted by atomic mass is 16.5. The molecule has 6 nitrogen and oxygen atoms in total. The van der Waals surface area contributed by atoms with E-state index in [0.717, 1.165) is 37.7 Å². The Morgan fingerprint density at radius 2 is 2.04 bits per heavy atom. The van der Waals surface area contributed by atoms with Gasteiger partial charge in [0.15, 0.2) is 0 Å². The Balaban J connectivity index is 1.97. The minimum absolute atomic E-state index is 0.0871. The molecule has 0 aliphatic heterocycles. The quantitative estimate of drug-likeness (QED) is 0.739. The summed E-state index contributed by atoms with van der Waals surface area (Å²) in [5.41, 5.74) is 0.829. The van der Waals surface area contributed by atoms with Crippen LogP contribution in [0.25, 0.3) is 0 Å². The van der Waals surface area contributed by atoms with Crippen molar-refractivity contribution < 1.29 is 19.0 Å². The summed E-state index contributed by atoms with van der Waals surface area (Å²) in [4.78, 5) is 16.9. The molecule has 1 aliphatic rings. The maximum Gasteiger partial charge on any atom is 0.256 e. The monoisotopic (exact) mass is 336 g/mol. The van der Waals surface area contributed by atoms with Crippen LogP contribution in [0.5, 0.6) is 5.88 Å². The fraction of sp³-hybridized carbons (Fsp3) is 0.667. The standard InChI is InChI=1S/C18H28N2O4/c1-4-23-10-11-24-16-14(2)12-15(13-19-16)20-17(21)18(22-3)8-6-5-7-9-18/h12-13H,4-11H2,1-3H3,(H,20,21). The molecule has 134 valence electrons. The van der Waals surface area contributed by atoms with E-state index in [1.165, 1.54) is 0 Å². The van der Waals surface area contributed by atoms with Crippen LogP contribution in [-0.4, -0.2) is 43.4 Å². The van der Waals surface area contributed by atoms with Gasteiger partial charge in [-0.25, -0.2) is 4.98 Å². The lowest BCUT2D eigenvalue weighted by molar-refractivity contribution is -0.141. The average molecular weight is 336 g/mol. The predicted molar refractivity (Wildman–Crippen MR) is 92.4 cm³/mol. The van der Waals surface area contributed by atoms with Crippen molar-refractivity contribution in [3.8, 4) is 5.88 Å². The van der Waals surface area contributed by atoms with Crippen LogP contribution in [0.3, 0.4) is 0 Å². The maximum absolute atomic E-state index is 12.6. The number of ether oxygens (including phenoxy) is 3. The molecule has 0 saturated heterocycles. The number of amides is 1. The molecule has 1 N–H and O–H groups in total. The van der Waals surface area contributed by atoms with Gasteiger partial charge in [-0.2, -0.15) is 0 Å². The SMILES string of the molecule is CCOCCOc1ncc(NC(=O)C2(OC)CCCCC2)cc1C. The second kappa shape index (κ2) is 8.99. The summed E-state index contributed by atoms with van der Waals surface area (Å²) in [5, 5.41) is 2.94. The van der Waals surface area contributed by atoms with Crippen LogP contribution < -0.4 is 10.1 Å². The first-order valence-corrected chi connectivity index (χ1v) is 8.65. The van der Waals surface area contributed by atoms with Crippen molar-refractivity contribution in [1.82, 2.24) is 4.98 Å². The number of nitrogens with one attached hydrogen (secondary N) is 1. The molecule has 24 heavy (non-hydrogen) atoms. The van der Waals surface area contributed by atoms with Gasteiger partial charge in [0.25, 0.3) is 5.91 Å². The van der Waals surface area contributed by atoms with Crippen molar-refractivity contribution >= 4 is 11.6 Å². The van der Waals surface area contributed by atoms with Gasteiger partial charge in [-0.1, -0.05) is 19.3 Å². The highest BCUT2D eigenvalue weighted by Crippen LogP contribution is 2.32. The van der Waals surface area contributed by atoms with Crippen molar-refractivity contribution in [2.24, 2.45) is 0 Å². The summed E-state index contributed by atoms with van der Waals surface area (Å²) in [6, 6.07) is 1.87. The molecular weight excluding hydrogens is 308 g/mol. The summed E-state index contributed by atoms with van der Waals surface area (Å²) in [6.45, 7) is 5.51. The van der Waals surface area contributed by atoms with Gasteiger partial charge >= 0.3 is 0 Å². The zero-order chi connectivity index (χ0) is 17.4. The molecule has 1 aromatic rings. The highest BCUT2D eigenvalue weighted by Gasteiger charge is 2.39. The van der Waals surface area contributed by atoms with Crippen LogP contribution in [0.4, 0.5) is 5.69 Å². The zero-order valence-corrected chi connectivity index (χ0v) is 14.9. The lowest BCUT2D eigenvalue weighted by Crippen LogP contribution is -2.46. The van der Waals surface area contributed by atoms with Gasteiger partial charge in [0.2, 0.25) is 5.88 Å². The lowest BCUT2D eigenvalue weighted by Gasteiger charge is -2.34. The Kier molecular flexibility index (Phi) is 6.99. The highest BCUT2D eigenvalue weighted by molar-refractivity contribution is 5.97. The fourth-order valence-electron chi connectivity index (χ4n) is 3.02. The molecule has 0 spiro atoms. The van der Waals surface area contributed by atoms with Gasteiger partial charge in [0.1, 0.15) is 12.2 Å². The summed E-state index contributed by atoms with van der Waals surface area (Å²) in [6.07, 6.45) is 6.34. The van der Waals surface area contributed by atoms with Crippen molar-refractivity contribution in [2.75, 3.05) is 32.2 Å². The predicted octanol–water partition coefficient (Wildman–Crippen LogP) is 3.09. The molecule has 0 aromatic carbocycles. The Labute approximate surface area is 143 Å². The Morgan fingerprint density at radius 3 is 2.67 bits per heavy atom. The van der Waals surface area contributed by atoms with Gasteiger partial charge in [-0.15, -0.1) is 0 Å². The zero-order valence-electron chi connectivity index (χ0n) is 14.9. The van der Waals surface area contributed by atoms with Crippen molar-refractivity contribution in [3.05, 3.63) is 17.8 Å². The molecule has 6 heteroatoms. The van der Waals surface area contributed by atoms with E-state index in [1.807, 2.05) is 19.9 Å². The molecule has 1 heterocycles. The Morgan fingerprint density at radius 1 is 1.29 bits per heavy atom. The summed E-state index contributed by atoms with van der Waals surface area (Å²) >= 11 is 0. The topological polar surface area (TPSA) is 69.7 Å². The largest absolute Gasteiger partial charge is 0.475 e. The van der Waals surface area contributed by atoms with Crippen LogP contribution >= 0.6 is 0 Å². The molecule has 1 amide bonds. The molecule has 0 bridgehead atoms. The molecule has 1 saturated carbocycles. The molecule has 0 atom stereocenters. The van der Waals surface area contributed by atoms with Crippen LogP contribution in [0.1, 0.15) is 44.6 Å². The second-order valence-electron chi connectivity index (χ2n) is 6.10. The number of anilines is 1. The smallest absolute Gasteiger partial charge is 0.256 e. The average Bonchev–Trinajstić information content (AvgIpc) is 2.60. The number of carbonyl (C=O) groups excluding carboxylic acids is 1. The Hall–Kier alpha value is -1.66. The third-order valence-electron chi connectivity index (χ3n) is 4.42. The van der Waals surface area contributed by atoms with Crippen molar-refractivity contribution in [2.45, 2.75) is 51.6 Å². The number of nitrogens with zero attached hydrogens (tertiary/aromatic N) is 1. The van der Waals surface area contributed by atoms with Crippen LogP contribution in [0.2, 0.25) is 0 Å². The summed E-state index contributed by atoms with van der Waals surface area (Å²) in [5.74, 6) is 0.475. The maximum atomic E-state index is 12.6. The van der Waals surface area contributed by atoms with E-state index in [4.69, 9.17) is 14.2 Å². The van der Waals surface area contributed by atoms with Crippen LogP contribution in [-0.2, 0) is 14.3 Å². The van der Waals surface area contributed by atoms with E-state index in [-0.39, 0.29) is 5.91 Å². The fourth-order valence-corrected chi connectivity index (χ4v) is 3.02. The number of aromatic nitrogens is 1.